The molecule has 0 spiro atoms. The minimum absolute atomic E-state index is 0.289. The summed E-state index contributed by atoms with van der Waals surface area (Å²) in [7, 11) is 0. The number of nitrogens with zero attached hydrogens (tertiary/aromatic N) is 2. The zero-order valence-electron chi connectivity index (χ0n) is 9.12. The van der Waals surface area contributed by atoms with E-state index in [1.54, 1.807) is 12.1 Å². The van der Waals surface area contributed by atoms with Gasteiger partial charge >= 0.3 is 5.97 Å². The van der Waals surface area contributed by atoms with Crippen molar-refractivity contribution in [1.29, 1.82) is 0 Å². The number of carbonyl (C=O) groups is 1. The summed E-state index contributed by atoms with van der Waals surface area (Å²) in [6.07, 6.45) is 1.30. The molecule has 5 nitrogen and oxygen atoms in total. The van der Waals surface area contributed by atoms with Gasteiger partial charge in [-0.1, -0.05) is 18.2 Å². The highest BCUT2D eigenvalue weighted by molar-refractivity contribution is 5.87. The van der Waals surface area contributed by atoms with E-state index in [0.717, 1.165) is 10.2 Å². The first-order chi connectivity index (χ1) is 8.11. The van der Waals surface area contributed by atoms with Gasteiger partial charge in [-0.05, 0) is 24.6 Å². The van der Waals surface area contributed by atoms with Crippen molar-refractivity contribution in [3.05, 3.63) is 58.0 Å². The average molecular weight is 230 g/mol. The first kappa shape index (κ1) is 11.1. The quantitative estimate of drug-likeness (QED) is 0.842. The Morgan fingerprint density at radius 2 is 2.00 bits per heavy atom. The highest BCUT2D eigenvalue weighted by Gasteiger charge is 2.12. The van der Waals surface area contributed by atoms with E-state index < -0.39 is 11.5 Å². The Hall–Kier alpha value is -2.43. The summed E-state index contributed by atoms with van der Waals surface area (Å²) >= 11 is 0. The summed E-state index contributed by atoms with van der Waals surface area (Å²) in [6, 6.07) is 8.35. The molecule has 86 valence electrons. The third-order valence-electron chi connectivity index (χ3n) is 2.42. The summed E-state index contributed by atoms with van der Waals surface area (Å²) in [5.41, 5.74) is 0.516. The third kappa shape index (κ3) is 1.94. The molecule has 0 bridgehead atoms. The third-order valence-corrected chi connectivity index (χ3v) is 2.42. The summed E-state index contributed by atoms with van der Waals surface area (Å²) in [6.45, 7) is 1.83. The van der Waals surface area contributed by atoms with Gasteiger partial charge in [-0.15, -0.1) is 0 Å². The molecule has 0 amide bonds. The highest BCUT2D eigenvalue weighted by atomic mass is 16.4. The Balaban J connectivity index is 2.70. The van der Waals surface area contributed by atoms with Crippen molar-refractivity contribution in [2.75, 3.05) is 0 Å². The van der Waals surface area contributed by atoms with Crippen LogP contribution in [0.25, 0.3) is 5.69 Å². The predicted molar refractivity (Wildman–Crippen MR) is 61.5 cm³/mol. The van der Waals surface area contributed by atoms with Crippen molar-refractivity contribution in [1.82, 2.24) is 9.78 Å². The SMILES string of the molecule is Cc1ccccc1-n1nccc(C(=O)O)c1=O. The topological polar surface area (TPSA) is 72.2 Å². The van der Waals surface area contributed by atoms with Crippen LogP contribution in [-0.4, -0.2) is 20.9 Å². The van der Waals surface area contributed by atoms with E-state index in [-0.39, 0.29) is 5.56 Å². The van der Waals surface area contributed by atoms with E-state index in [2.05, 4.69) is 5.10 Å². The molecule has 1 heterocycles. The highest BCUT2D eigenvalue weighted by Crippen LogP contribution is 2.09. The summed E-state index contributed by atoms with van der Waals surface area (Å²) < 4.78 is 1.10. The first-order valence-corrected chi connectivity index (χ1v) is 4.99. The van der Waals surface area contributed by atoms with Crippen LogP contribution in [0.1, 0.15) is 15.9 Å². The van der Waals surface area contributed by atoms with Crippen molar-refractivity contribution in [3.8, 4) is 5.69 Å². The van der Waals surface area contributed by atoms with Gasteiger partial charge in [0.1, 0.15) is 5.56 Å². The Kier molecular flexibility index (Phi) is 2.74. The number of hydrogen-bond acceptors (Lipinski definition) is 3. The zero-order valence-corrected chi connectivity index (χ0v) is 9.12. The number of carboxylic acids is 1. The molecule has 0 saturated heterocycles. The fourth-order valence-electron chi connectivity index (χ4n) is 1.55. The fraction of sp³-hybridized carbons (Fsp3) is 0.0833. The zero-order chi connectivity index (χ0) is 12.4. The molecule has 1 aromatic heterocycles. The maximum absolute atomic E-state index is 11.9. The number of para-hydroxylation sites is 1. The molecule has 17 heavy (non-hydrogen) atoms. The second-order valence-electron chi connectivity index (χ2n) is 3.55. The van der Waals surface area contributed by atoms with E-state index in [1.807, 2.05) is 19.1 Å². The van der Waals surface area contributed by atoms with Crippen LogP contribution in [0.5, 0.6) is 0 Å². The van der Waals surface area contributed by atoms with Gasteiger partial charge in [0.25, 0.3) is 5.56 Å². The minimum Gasteiger partial charge on any atom is -0.477 e. The molecule has 0 fully saturated rings. The maximum Gasteiger partial charge on any atom is 0.341 e. The lowest BCUT2D eigenvalue weighted by atomic mass is 10.2. The second-order valence-corrected chi connectivity index (χ2v) is 3.55. The molecule has 0 radical (unpaired) electrons. The Labute approximate surface area is 97.0 Å². The molecule has 0 saturated carbocycles. The number of carboxylic acid groups (broad SMARTS) is 1. The smallest absolute Gasteiger partial charge is 0.341 e. The van der Waals surface area contributed by atoms with Crippen LogP contribution in [0.2, 0.25) is 0 Å². The van der Waals surface area contributed by atoms with Crippen LogP contribution in [0.3, 0.4) is 0 Å². The molecular weight excluding hydrogens is 220 g/mol. The normalized spacial score (nSPS) is 10.2. The second kappa shape index (κ2) is 4.21. The van der Waals surface area contributed by atoms with Crippen molar-refractivity contribution >= 4 is 5.97 Å². The van der Waals surface area contributed by atoms with Gasteiger partial charge in [0.2, 0.25) is 0 Å². The molecule has 0 atom stereocenters. The Morgan fingerprint density at radius 3 is 2.65 bits per heavy atom. The Morgan fingerprint density at radius 1 is 1.29 bits per heavy atom. The van der Waals surface area contributed by atoms with Crippen molar-refractivity contribution in [3.63, 3.8) is 0 Å². The van der Waals surface area contributed by atoms with E-state index in [4.69, 9.17) is 5.11 Å². The van der Waals surface area contributed by atoms with Crippen LogP contribution in [0.4, 0.5) is 0 Å². The van der Waals surface area contributed by atoms with Gasteiger partial charge in [0.05, 0.1) is 5.69 Å². The van der Waals surface area contributed by atoms with Gasteiger partial charge in [-0.3, -0.25) is 4.79 Å². The number of benzene rings is 1. The van der Waals surface area contributed by atoms with Crippen LogP contribution < -0.4 is 5.56 Å². The molecule has 1 aromatic carbocycles. The van der Waals surface area contributed by atoms with E-state index in [9.17, 15) is 9.59 Å². The largest absolute Gasteiger partial charge is 0.477 e. The van der Waals surface area contributed by atoms with Gasteiger partial charge < -0.3 is 5.11 Å². The first-order valence-electron chi connectivity index (χ1n) is 4.99. The van der Waals surface area contributed by atoms with E-state index >= 15 is 0 Å². The Bertz CT molecular complexity index is 632. The van der Waals surface area contributed by atoms with E-state index in [0.29, 0.717) is 5.69 Å². The molecule has 2 aromatic rings. The lowest BCUT2D eigenvalue weighted by molar-refractivity contribution is 0.0694. The molecule has 2 rings (SSSR count). The van der Waals surface area contributed by atoms with Crippen LogP contribution in [0.15, 0.2) is 41.3 Å². The minimum atomic E-state index is -1.25. The molecular formula is C12H10N2O3. The predicted octanol–water partition coefficient (Wildman–Crippen LogP) is 1.24. The summed E-state index contributed by atoms with van der Waals surface area (Å²) in [5, 5.41) is 12.8. The van der Waals surface area contributed by atoms with Crippen molar-refractivity contribution < 1.29 is 9.90 Å². The number of aromatic carboxylic acids is 1. The van der Waals surface area contributed by atoms with E-state index in [1.165, 1.54) is 12.3 Å². The lowest BCUT2D eigenvalue weighted by Crippen LogP contribution is -2.27. The van der Waals surface area contributed by atoms with Crippen molar-refractivity contribution in [2.24, 2.45) is 0 Å². The molecule has 0 unspecified atom stereocenters. The number of aryl methyl sites for hydroxylation is 1. The number of aromatic nitrogens is 2. The lowest BCUT2D eigenvalue weighted by Gasteiger charge is -2.07. The monoisotopic (exact) mass is 230 g/mol. The standard InChI is InChI=1S/C12H10N2O3/c1-8-4-2-3-5-10(8)14-11(15)9(12(16)17)6-7-13-14/h2-7H,1H3,(H,16,17). The summed E-state index contributed by atoms with van der Waals surface area (Å²) in [5.74, 6) is -1.25. The van der Waals surface area contributed by atoms with Gasteiger partial charge in [-0.25, -0.2) is 4.79 Å². The van der Waals surface area contributed by atoms with Gasteiger partial charge in [0.15, 0.2) is 0 Å². The fourth-order valence-corrected chi connectivity index (χ4v) is 1.55. The molecule has 5 heteroatoms. The van der Waals surface area contributed by atoms with Crippen LogP contribution in [-0.2, 0) is 0 Å². The number of hydrogen-bond donors (Lipinski definition) is 1. The molecule has 0 aliphatic rings. The summed E-state index contributed by atoms with van der Waals surface area (Å²) in [4.78, 5) is 22.7. The van der Waals surface area contributed by atoms with Gasteiger partial charge in [-0.2, -0.15) is 9.78 Å². The molecule has 0 aliphatic heterocycles. The molecule has 0 aliphatic carbocycles. The maximum atomic E-state index is 11.9. The number of rotatable bonds is 2. The van der Waals surface area contributed by atoms with Crippen LogP contribution in [0, 0.1) is 6.92 Å². The molecule has 1 N–H and O–H groups in total. The average Bonchev–Trinajstić information content (AvgIpc) is 2.30. The van der Waals surface area contributed by atoms with Gasteiger partial charge in [0, 0.05) is 6.20 Å². The van der Waals surface area contributed by atoms with Crippen molar-refractivity contribution in [2.45, 2.75) is 6.92 Å². The van der Waals surface area contributed by atoms with Crippen LogP contribution >= 0.6 is 0 Å².